The number of hydrogen-bond acceptors (Lipinski definition) is 7. The molecule has 1 amide bonds. The topological polar surface area (TPSA) is 135 Å². The number of carbonyl (C=O) groups is 1. The summed E-state index contributed by atoms with van der Waals surface area (Å²) in [5.41, 5.74) is 5.23. The quantitative estimate of drug-likeness (QED) is 0.482. The Balaban J connectivity index is 1.59. The van der Waals surface area contributed by atoms with Gasteiger partial charge in [-0.25, -0.2) is 4.98 Å². The minimum atomic E-state index is -1.17. The van der Waals surface area contributed by atoms with Crippen LogP contribution in [0.1, 0.15) is 12.1 Å². The molecule has 2 atom stereocenters. The molecule has 0 unspecified atom stereocenters. The number of nitrogens with one attached hydrogen (secondary N) is 2. The average molecular weight is 503 g/mol. The molecule has 1 aliphatic heterocycles. The fourth-order valence-corrected chi connectivity index (χ4v) is 4.49. The fourth-order valence-electron chi connectivity index (χ4n) is 2.69. The fraction of sp³-hybridized carbons (Fsp3) is 0.312. The van der Waals surface area contributed by atoms with Crippen LogP contribution in [0.2, 0.25) is 0 Å². The number of aromatic amines is 1. The Morgan fingerprint density at radius 1 is 1.63 bits per heavy atom. The molecule has 1 spiro atoms. The molecule has 0 saturated carbocycles. The number of ether oxygens (including phenoxy) is 1. The molecular formula is C16H17Br2N5O4. The van der Waals surface area contributed by atoms with Crippen molar-refractivity contribution in [3.05, 3.63) is 38.8 Å². The van der Waals surface area contributed by atoms with Crippen molar-refractivity contribution >= 4 is 55.5 Å². The largest absolute Gasteiger partial charge is 0.495 e. The zero-order valence-electron chi connectivity index (χ0n) is 14.2. The average Bonchev–Trinajstić information content (AvgIpc) is 3.24. The van der Waals surface area contributed by atoms with Gasteiger partial charge < -0.3 is 30.7 Å². The normalized spacial score (nSPS) is 24.8. The Hall–Kier alpha value is -2.11. The first-order chi connectivity index (χ1) is 12.9. The highest BCUT2D eigenvalue weighted by atomic mass is 79.9. The van der Waals surface area contributed by atoms with Crippen molar-refractivity contribution < 1.29 is 19.5 Å². The summed E-state index contributed by atoms with van der Waals surface area (Å²) in [7, 11) is 1.49. The number of halogens is 2. The maximum absolute atomic E-state index is 12.3. The SMILES string of the molecule is COC1=C(Br)[C@H](O)[C@@]2(C=C1Br)CC(C(=O)NC/C=C\c1cnc(N)[nH]1)=NO2. The lowest BCUT2D eigenvalue weighted by molar-refractivity contribution is -0.114. The van der Waals surface area contributed by atoms with E-state index in [4.69, 9.17) is 15.3 Å². The number of rotatable bonds is 5. The van der Waals surface area contributed by atoms with Crippen LogP contribution in [0.25, 0.3) is 6.08 Å². The third-order valence-electron chi connectivity index (χ3n) is 4.04. The number of imidazole rings is 1. The number of oxime groups is 1. The van der Waals surface area contributed by atoms with E-state index in [2.05, 4.69) is 52.3 Å². The van der Waals surface area contributed by atoms with Gasteiger partial charge in [0.1, 0.15) is 17.6 Å². The van der Waals surface area contributed by atoms with Gasteiger partial charge >= 0.3 is 0 Å². The summed E-state index contributed by atoms with van der Waals surface area (Å²) in [6.07, 6.45) is 5.77. The van der Waals surface area contributed by atoms with Gasteiger partial charge in [0.05, 0.1) is 28.0 Å². The standard InChI is InChI=1S/C16H17Br2N5O4/c1-26-12-9(17)5-16(13(24)11(12)18)6-10(23-27-16)14(25)20-4-2-3-8-7-21-15(19)22-8/h2-3,5,7,13,24H,4,6H2,1H3,(H,20,25)(H3,19,21,22)/b3-2-/t13-,16+/m0/s1. The maximum Gasteiger partial charge on any atom is 0.269 e. The van der Waals surface area contributed by atoms with Crippen LogP contribution in [0, 0.1) is 0 Å². The zero-order valence-corrected chi connectivity index (χ0v) is 17.4. The highest BCUT2D eigenvalue weighted by molar-refractivity contribution is 9.12. The number of nitrogens with two attached hydrogens (primary N) is 1. The second kappa shape index (κ2) is 7.87. The van der Waals surface area contributed by atoms with E-state index >= 15 is 0 Å². The minimum Gasteiger partial charge on any atom is -0.495 e. The number of anilines is 1. The molecule has 5 N–H and O–H groups in total. The summed E-state index contributed by atoms with van der Waals surface area (Å²) in [6, 6.07) is 0. The van der Waals surface area contributed by atoms with Crippen LogP contribution in [-0.2, 0) is 14.4 Å². The summed E-state index contributed by atoms with van der Waals surface area (Å²) in [6.45, 7) is 0.281. The van der Waals surface area contributed by atoms with Crippen molar-refractivity contribution in [3.63, 3.8) is 0 Å². The van der Waals surface area contributed by atoms with E-state index in [1.54, 1.807) is 24.4 Å². The zero-order chi connectivity index (χ0) is 19.6. The van der Waals surface area contributed by atoms with E-state index < -0.39 is 11.7 Å². The number of aliphatic hydroxyl groups is 1. The number of methoxy groups -OCH3 is 1. The molecule has 144 valence electrons. The van der Waals surface area contributed by atoms with E-state index in [9.17, 15) is 9.90 Å². The van der Waals surface area contributed by atoms with E-state index in [-0.39, 0.29) is 24.6 Å². The monoisotopic (exact) mass is 501 g/mol. The molecule has 9 nitrogen and oxygen atoms in total. The van der Waals surface area contributed by atoms with Crippen molar-refractivity contribution in [3.8, 4) is 0 Å². The van der Waals surface area contributed by atoms with Crippen LogP contribution in [0.3, 0.4) is 0 Å². The van der Waals surface area contributed by atoms with E-state index in [0.717, 1.165) is 5.69 Å². The van der Waals surface area contributed by atoms with Gasteiger partial charge in [0.2, 0.25) is 0 Å². The predicted molar refractivity (Wildman–Crippen MR) is 107 cm³/mol. The molecule has 0 radical (unpaired) electrons. The summed E-state index contributed by atoms with van der Waals surface area (Å²) in [5, 5.41) is 17.2. The van der Waals surface area contributed by atoms with Crippen molar-refractivity contribution in [1.29, 1.82) is 0 Å². The van der Waals surface area contributed by atoms with Gasteiger partial charge in [0.15, 0.2) is 11.5 Å². The van der Waals surface area contributed by atoms with E-state index in [1.165, 1.54) is 7.11 Å². The molecule has 27 heavy (non-hydrogen) atoms. The van der Waals surface area contributed by atoms with Crippen LogP contribution in [-0.4, -0.2) is 52.1 Å². The smallest absolute Gasteiger partial charge is 0.269 e. The summed E-state index contributed by atoms with van der Waals surface area (Å²) in [5.74, 6) is 0.401. The predicted octanol–water partition coefficient (Wildman–Crippen LogP) is 1.54. The lowest BCUT2D eigenvalue weighted by atomic mass is 9.87. The number of amides is 1. The van der Waals surface area contributed by atoms with Crippen LogP contribution in [0.15, 0.2) is 38.2 Å². The molecule has 0 saturated heterocycles. The number of nitrogens with zero attached hydrogens (tertiary/aromatic N) is 2. The number of allylic oxidation sites excluding steroid dienone is 1. The third kappa shape index (κ3) is 3.94. The highest BCUT2D eigenvalue weighted by Crippen LogP contribution is 2.43. The minimum absolute atomic E-state index is 0.113. The summed E-state index contributed by atoms with van der Waals surface area (Å²) < 4.78 is 6.24. The molecule has 2 aliphatic rings. The van der Waals surface area contributed by atoms with Crippen molar-refractivity contribution in [2.45, 2.75) is 18.1 Å². The Kier molecular flexibility index (Phi) is 5.72. The Labute approximate surface area is 171 Å². The lowest BCUT2D eigenvalue weighted by Gasteiger charge is -2.33. The number of nitrogen functional groups attached to an aromatic ring is 1. The van der Waals surface area contributed by atoms with Gasteiger partial charge in [-0.2, -0.15) is 0 Å². The Bertz CT molecular complexity index is 876. The molecule has 0 bridgehead atoms. The van der Waals surface area contributed by atoms with Crippen molar-refractivity contribution in [2.24, 2.45) is 5.16 Å². The van der Waals surface area contributed by atoms with Gasteiger partial charge in [0.25, 0.3) is 5.91 Å². The van der Waals surface area contributed by atoms with E-state index in [1.807, 2.05) is 0 Å². The second-order valence-corrected chi connectivity index (χ2v) is 7.58. The number of carbonyl (C=O) groups excluding carboxylic acids is 1. The summed E-state index contributed by atoms with van der Waals surface area (Å²) >= 11 is 6.69. The molecule has 3 rings (SSSR count). The number of H-pyrrole nitrogens is 1. The molecule has 2 heterocycles. The lowest BCUT2D eigenvalue weighted by Crippen LogP contribution is -2.45. The van der Waals surface area contributed by atoms with Crippen LogP contribution < -0.4 is 11.1 Å². The van der Waals surface area contributed by atoms with Gasteiger partial charge in [-0.15, -0.1) is 0 Å². The first kappa shape index (κ1) is 19.6. The molecule has 11 heteroatoms. The summed E-state index contributed by atoms with van der Waals surface area (Å²) in [4.78, 5) is 24.5. The van der Waals surface area contributed by atoms with Gasteiger partial charge in [-0.1, -0.05) is 11.2 Å². The second-order valence-electron chi connectivity index (χ2n) is 5.87. The third-order valence-corrected chi connectivity index (χ3v) is 5.42. The van der Waals surface area contributed by atoms with Gasteiger partial charge in [0, 0.05) is 13.0 Å². The van der Waals surface area contributed by atoms with Crippen molar-refractivity contribution in [1.82, 2.24) is 15.3 Å². The van der Waals surface area contributed by atoms with Gasteiger partial charge in [-0.3, -0.25) is 4.79 Å². The van der Waals surface area contributed by atoms with Gasteiger partial charge in [-0.05, 0) is 44.0 Å². The van der Waals surface area contributed by atoms with Crippen LogP contribution in [0.5, 0.6) is 0 Å². The number of aromatic nitrogens is 2. The van der Waals surface area contributed by atoms with E-state index in [0.29, 0.717) is 20.7 Å². The molecule has 1 aliphatic carbocycles. The number of hydrogen-bond donors (Lipinski definition) is 4. The Morgan fingerprint density at radius 3 is 3.07 bits per heavy atom. The number of aliphatic hydroxyl groups excluding tert-OH is 1. The highest BCUT2D eigenvalue weighted by Gasteiger charge is 2.50. The first-order valence-electron chi connectivity index (χ1n) is 7.87. The molecular weight excluding hydrogens is 486 g/mol. The molecule has 1 aromatic rings. The van der Waals surface area contributed by atoms with Crippen molar-refractivity contribution in [2.75, 3.05) is 19.4 Å². The molecule has 1 aromatic heterocycles. The molecule has 0 fully saturated rings. The maximum atomic E-state index is 12.3. The Morgan fingerprint density at radius 2 is 2.41 bits per heavy atom. The van der Waals surface area contributed by atoms with Crippen LogP contribution >= 0.6 is 31.9 Å². The first-order valence-corrected chi connectivity index (χ1v) is 9.45. The van der Waals surface area contributed by atoms with Crippen LogP contribution in [0.4, 0.5) is 5.95 Å². The molecule has 0 aromatic carbocycles.